The monoisotopic (exact) mass is 300 g/mol. The van der Waals surface area contributed by atoms with E-state index in [0.29, 0.717) is 22.7 Å². The smallest absolute Gasteiger partial charge is 0.270 e. The van der Waals surface area contributed by atoms with Crippen molar-refractivity contribution in [1.29, 1.82) is 0 Å². The number of rotatable bonds is 4. The fraction of sp³-hybridized carbons (Fsp3) is 0.455. The molecule has 1 N–H and O–H groups in total. The van der Waals surface area contributed by atoms with Crippen molar-refractivity contribution in [2.75, 3.05) is 19.7 Å². The van der Waals surface area contributed by atoms with Gasteiger partial charge in [0.15, 0.2) is 0 Å². The second-order valence-electron chi connectivity index (χ2n) is 4.04. The van der Waals surface area contributed by atoms with Gasteiger partial charge in [-0.2, -0.15) is 0 Å². The molecule has 17 heavy (non-hydrogen) atoms. The fourth-order valence-corrected chi connectivity index (χ4v) is 2.27. The van der Waals surface area contributed by atoms with Gasteiger partial charge in [-0.3, -0.25) is 10.1 Å². The van der Waals surface area contributed by atoms with E-state index < -0.39 is 4.92 Å². The van der Waals surface area contributed by atoms with Crippen molar-refractivity contribution >= 4 is 21.6 Å². The first-order valence-electron chi connectivity index (χ1n) is 5.44. The van der Waals surface area contributed by atoms with Crippen LogP contribution in [0.25, 0.3) is 0 Å². The van der Waals surface area contributed by atoms with Crippen molar-refractivity contribution in [2.45, 2.75) is 6.42 Å². The fourth-order valence-electron chi connectivity index (χ4n) is 1.78. The van der Waals surface area contributed by atoms with Crippen molar-refractivity contribution in [3.8, 4) is 5.75 Å². The number of hydrogen-bond donors (Lipinski definition) is 1. The minimum Gasteiger partial charge on any atom is -0.492 e. The second kappa shape index (κ2) is 5.46. The molecular weight excluding hydrogens is 288 g/mol. The molecule has 1 saturated heterocycles. The van der Waals surface area contributed by atoms with Crippen molar-refractivity contribution < 1.29 is 9.66 Å². The quantitative estimate of drug-likeness (QED) is 0.685. The summed E-state index contributed by atoms with van der Waals surface area (Å²) in [7, 11) is 0. The third kappa shape index (κ3) is 3.17. The third-order valence-corrected chi connectivity index (χ3v) is 3.38. The number of nitrogens with one attached hydrogen (secondary N) is 1. The highest BCUT2D eigenvalue weighted by Crippen LogP contribution is 2.29. The molecule has 1 aliphatic rings. The molecule has 0 aromatic heterocycles. The molecule has 1 aromatic rings. The summed E-state index contributed by atoms with van der Waals surface area (Å²) in [5.41, 5.74) is 0.0618. The largest absolute Gasteiger partial charge is 0.492 e. The van der Waals surface area contributed by atoms with Gasteiger partial charge in [-0.25, -0.2) is 0 Å². The molecule has 1 aliphatic heterocycles. The first-order chi connectivity index (χ1) is 8.16. The molecule has 1 aromatic carbocycles. The zero-order valence-electron chi connectivity index (χ0n) is 9.19. The van der Waals surface area contributed by atoms with Crippen LogP contribution in [0.2, 0.25) is 0 Å². The summed E-state index contributed by atoms with van der Waals surface area (Å²) >= 11 is 3.28. The van der Waals surface area contributed by atoms with Crippen molar-refractivity contribution in [2.24, 2.45) is 5.92 Å². The van der Waals surface area contributed by atoms with E-state index in [1.807, 2.05) is 0 Å². The maximum absolute atomic E-state index is 10.6. The highest BCUT2D eigenvalue weighted by Gasteiger charge is 2.16. The van der Waals surface area contributed by atoms with Crippen LogP contribution in [0, 0.1) is 16.0 Å². The van der Waals surface area contributed by atoms with Gasteiger partial charge < -0.3 is 10.1 Å². The number of non-ortho nitro benzene ring substituents is 1. The summed E-state index contributed by atoms with van der Waals surface area (Å²) in [6.07, 6.45) is 1.12. The number of nitro groups is 1. The lowest BCUT2D eigenvalue weighted by atomic mass is 10.1. The first-order valence-corrected chi connectivity index (χ1v) is 6.23. The van der Waals surface area contributed by atoms with Crippen molar-refractivity contribution in [3.63, 3.8) is 0 Å². The Balaban J connectivity index is 1.98. The van der Waals surface area contributed by atoms with Gasteiger partial charge in [0.1, 0.15) is 5.75 Å². The number of benzene rings is 1. The van der Waals surface area contributed by atoms with Gasteiger partial charge in [0.05, 0.1) is 16.0 Å². The van der Waals surface area contributed by atoms with Crippen LogP contribution in [0.4, 0.5) is 5.69 Å². The summed E-state index contributed by atoms with van der Waals surface area (Å²) in [5.74, 6) is 1.18. The van der Waals surface area contributed by atoms with Crippen molar-refractivity contribution in [1.82, 2.24) is 5.32 Å². The van der Waals surface area contributed by atoms with Crippen LogP contribution in [0.15, 0.2) is 22.7 Å². The predicted octanol–water partition coefficient (Wildman–Crippen LogP) is 2.35. The number of nitro benzene ring substituents is 1. The summed E-state index contributed by atoms with van der Waals surface area (Å²) < 4.78 is 6.27. The minimum atomic E-state index is -0.421. The van der Waals surface area contributed by atoms with Crippen LogP contribution < -0.4 is 10.1 Å². The molecule has 0 aliphatic carbocycles. The molecule has 1 fully saturated rings. The lowest BCUT2D eigenvalue weighted by molar-refractivity contribution is -0.385. The SMILES string of the molecule is O=[N+]([O-])c1ccc(OCC2CCNC2)c(Br)c1. The molecule has 2 rings (SSSR count). The van der Waals surface area contributed by atoms with E-state index in [2.05, 4.69) is 21.2 Å². The average molecular weight is 301 g/mol. The van der Waals surface area contributed by atoms with E-state index in [0.717, 1.165) is 19.5 Å². The van der Waals surface area contributed by atoms with E-state index in [1.165, 1.54) is 12.1 Å². The molecule has 0 amide bonds. The lowest BCUT2D eigenvalue weighted by Gasteiger charge is -2.11. The molecule has 0 radical (unpaired) electrons. The van der Waals surface area contributed by atoms with E-state index >= 15 is 0 Å². The van der Waals surface area contributed by atoms with Gasteiger partial charge in [-0.1, -0.05) is 0 Å². The van der Waals surface area contributed by atoms with E-state index in [-0.39, 0.29) is 5.69 Å². The summed E-state index contributed by atoms with van der Waals surface area (Å²) in [6.45, 7) is 2.66. The number of nitrogens with zero attached hydrogens (tertiary/aromatic N) is 1. The Labute approximate surface area is 107 Å². The Morgan fingerprint density at radius 3 is 3.00 bits per heavy atom. The molecule has 0 bridgehead atoms. The highest BCUT2D eigenvalue weighted by molar-refractivity contribution is 9.10. The topological polar surface area (TPSA) is 64.4 Å². The Kier molecular flexibility index (Phi) is 3.96. The maximum atomic E-state index is 10.6. The molecule has 0 spiro atoms. The third-order valence-electron chi connectivity index (χ3n) is 2.76. The highest BCUT2D eigenvalue weighted by atomic mass is 79.9. The van der Waals surface area contributed by atoms with Gasteiger partial charge in [0.25, 0.3) is 5.69 Å². The lowest BCUT2D eigenvalue weighted by Crippen LogP contribution is -2.15. The van der Waals surface area contributed by atoms with Gasteiger partial charge in [-0.05, 0) is 35.0 Å². The minimum absolute atomic E-state index is 0.0618. The molecule has 92 valence electrons. The molecule has 0 saturated carbocycles. The van der Waals surface area contributed by atoms with E-state index in [1.54, 1.807) is 6.07 Å². The van der Waals surface area contributed by atoms with Crippen LogP contribution in [0.3, 0.4) is 0 Å². The van der Waals surface area contributed by atoms with Gasteiger partial charge in [0, 0.05) is 24.6 Å². The number of hydrogen-bond acceptors (Lipinski definition) is 4. The van der Waals surface area contributed by atoms with Crippen LogP contribution in [0.1, 0.15) is 6.42 Å². The molecule has 1 atom stereocenters. The van der Waals surface area contributed by atoms with Crippen LogP contribution in [0.5, 0.6) is 5.75 Å². The molecule has 6 heteroatoms. The summed E-state index contributed by atoms with van der Waals surface area (Å²) in [4.78, 5) is 10.1. The van der Waals surface area contributed by atoms with Crippen LogP contribution in [-0.4, -0.2) is 24.6 Å². The van der Waals surface area contributed by atoms with E-state index in [4.69, 9.17) is 4.74 Å². The second-order valence-corrected chi connectivity index (χ2v) is 4.90. The van der Waals surface area contributed by atoms with Crippen LogP contribution >= 0.6 is 15.9 Å². The Morgan fingerprint density at radius 2 is 2.41 bits per heavy atom. The molecular formula is C11H13BrN2O3. The van der Waals surface area contributed by atoms with Crippen molar-refractivity contribution in [3.05, 3.63) is 32.8 Å². The molecule has 1 heterocycles. The maximum Gasteiger partial charge on any atom is 0.270 e. The number of halogens is 1. The average Bonchev–Trinajstić information content (AvgIpc) is 2.80. The standard InChI is InChI=1S/C11H13BrN2O3/c12-10-5-9(14(15)16)1-2-11(10)17-7-8-3-4-13-6-8/h1-2,5,8,13H,3-4,6-7H2. The Hall–Kier alpha value is -1.14. The van der Waals surface area contributed by atoms with Gasteiger partial charge in [0.2, 0.25) is 0 Å². The zero-order valence-corrected chi connectivity index (χ0v) is 10.8. The predicted molar refractivity (Wildman–Crippen MR) is 67.3 cm³/mol. The van der Waals surface area contributed by atoms with E-state index in [9.17, 15) is 10.1 Å². The Bertz CT molecular complexity index is 419. The molecule has 5 nitrogen and oxygen atoms in total. The summed E-state index contributed by atoms with van der Waals surface area (Å²) in [6, 6.07) is 4.54. The number of ether oxygens (including phenoxy) is 1. The zero-order chi connectivity index (χ0) is 12.3. The summed E-state index contributed by atoms with van der Waals surface area (Å²) in [5, 5.41) is 13.8. The van der Waals surface area contributed by atoms with Gasteiger partial charge in [-0.15, -0.1) is 0 Å². The van der Waals surface area contributed by atoms with Crippen LogP contribution in [-0.2, 0) is 0 Å². The normalized spacial score (nSPS) is 19.2. The Morgan fingerprint density at radius 1 is 1.59 bits per heavy atom. The first kappa shape index (κ1) is 12.3. The van der Waals surface area contributed by atoms with Gasteiger partial charge >= 0.3 is 0 Å². The molecule has 1 unspecified atom stereocenters.